The number of hydrogen-bond acceptors (Lipinski definition) is 5. The van der Waals surface area contributed by atoms with E-state index in [1.807, 2.05) is 36.4 Å². The van der Waals surface area contributed by atoms with E-state index in [4.69, 9.17) is 23.7 Å². The lowest BCUT2D eigenvalue weighted by atomic mass is 9.92. The molecule has 1 aliphatic rings. The quantitative estimate of drug-likeness (QED) is 0.181. The lowest BCUT2D eigenvalue weighted by Gasteiger charge is -2.18. The Bertz CT molecular complexity index is 1440. The first-order valence-electron chi connectivity index (χ1n) is 12.3. The van der Waals surface area contributed by atoms with Gasteiger partial charge in [-0.25, -0.2) is 0 Å². The maximum atomic E-state index is 6.40. The third-order valence-electron chi connectivity index (χ3n) is 6.48. The largest absolute Gasteiger partial charge is 0.490 e. The normalized spacial score (nSPS) is 13.4. The van der Waals surface area contributed by atoms with Gasteiger partial charge >= 0.3 is 0 Å². The number of ether oxygens (including phenoxy) is 5. The van der Waals surface area contributed by atoms with Crippen molar-refractivity contribution >= 4 is 30.8 Å². The van der Waals surface area contributed by atoms with Gasteiger partial charge in [0.1, 0.15) is 48.7 Å². The summed E-state index contributed by atoms with van der Waals surface area (Å²) in [4.78, 5) is 0. The van der Waals surface area contributed by atoms with Crippen molar-refractivity contribution in [2.75, 3.05) is 26.4 Å². The Hall–Kier alpha value is -3.79. The Labute approximate surface area is 218 Å². The van der Waals surface area contributed by atoms with Crippen molar-refractivity contribution in [3.63, 3.8) is 0 Å². The fraction of sp³-hybridized carbons (Fsp3) is 0.161. The minimum absolute atomic E-state index is 0.0797. The van der Waals surface area contributed by atoms with E-state index in [-0.39, 0.29) is 12.9 Å². The fourth-order valence-electron chi connectivity index (χ4n) is 4.70. The molecule has 0 fully saturated rings. The maximum absolute atomic E-state index is 6.40. The predicted molar refractivity (Wildman–Crippen MR) is 150 cm³/mol. The van der Waals surface area contributed by atoms with Crippen LogP contribution in [0.4, 0.5) is 0 Å². The minimum atomic E-state index is -0.323. The molecule has 0 aromatic heterocycles. The molecular formula is C31H27O5P. The first-order chi connectivity index (χ1) is 18.3. The number of hydrogen-bond donors (Lipinski definition) is 0. The number of benzene rings is 5. The SMILES string of the molecule is PCOc1ccc(OCOC2COc3ccc4ccccc4c3-c3c(ccc4ccccc34)OC2)cc1. The van der Waals surface area contributed by atoms with Gasteiger partial charge in [-0.05, 0) is 57.9 Å². The minimum Gasteiger partial charge on any atom is -0.490 e. The van der Waals surface area contributed by atoms with Gasteiger partial charge in [0.15, 0.2) is 6.79 Å². The molecule has 1 unspecified atom stereocenters. The van der Waals surface area contributed by atoms with Crippen LogP contribution in [0.1, 0.15) is 0 Å². The smallest absolute Gasteiger partial charge is 0.189 e. The van der Waals surface area contributed by atoms with Crippen LogP contribution in [0.25, 0.3) is 32.7 Å². The van der Waals surface area contributed by atoms with Crippen LogP contribution in [0, 0.1) is 0 Å². The monoisotopic (exact) mass is 510 g/mol. The van der Waals surface area contributed by atoms with Crippen LogP contribution in [0.5, 0.6) is 23.0 Å². The van der Waals surface area contributed by atoms with Gasteiger partial charge in [-0.1, -0.05) is 69.9 Å². The summed E-state index contributed by atoms with van der Waals surface area (Å²) in [6.07, 6.45) is 0.222. The van der Waals surface area contributed by atoms with Crippen LogP contribution < -0.4 is 18.9 Å². The van der Waals surface area contributed by atoms with Crippen molar-refractivity contribution in [3.8, 4) is 34.1 Å². The highest BCUT2D eigenvalue weighted by molar-refractivity contribution is 7.16. The Morgan fingerprint density at radius 2 is 1.14 bits per heavy atom. The second-order valence-electron chi connectivity index (χ2n) is 8.77. The number of rotatable bonds is 6. The summed E-state index contributed by atoms with van der Waals surface area (Å²) in [5.41, 5.74) is 2.07. The van der Waals surface area contributed by atoms with Crippen LogP contribution in [0.2, 0.25) is 0 Å². The summed E-state index contributed by atoms with van der Waals surface area (Å²) in [5.74, 6) is 3.11. The van der Waals surface area contributed by atoms with Gasteiger partial charge in [0.05, 0.1) is 0 Å². The molecule has 186 valence electrons. The first-order valence-corrected chi connectivity index (χ1v) is 13.1. The van der Waals surface area contributed by atoms with Crippen LogP contribution in [0.15, 0.2) is 97.1 Å². The molecule has 0 N–H and O–H groups in total. The Kier molecular flexibility index (Phi) is 6.81. The van der Waals surface area contributed by atoms with E-state index >= 15 is 0 Å². The Morgan fingerprint density at radius 3 is 1.68 bits per heavy atom. The van der Waals surface area contributed by atoms with Gasteiger partial charge < -0.3 is 23.7 Å². The zero-order valence-corrected chi connectivity index (χ0v) is 21.4. The molecule has 5 aromatic rings. The van der Waals surface area contributed by atoms with Gasteiger partial charge in [0.25, 0.3) is 0 Å². The average Bonchev–Trinajstić information content (AvgIpc) is 3.02. The van der Waals surface area contributed by atoms with Crippen molar-refractivity contribution in [1.82, 2.24) is 0 Å². The van der Waals surface area contributed by atoms with Crippen LogP contribution in [-0.4, -0.2) is 32.5 Å². The Balaban J connectivity index is 1.30. The highest BCUT2D eigenvalue weighted by Gasteiger charge is 2.23. The van der Waals surface area contributed by atoms with Crippen molar-refractivity contribution in [3.05, 3.63) is 97.1 Å². The van der Waals surface area contributed by atoms with Crippen LogP contribution in [-0.2, 0) is 4.74 Å². The molecule has 0 aliphatic carbocycles. The third kappa shape index (κ3) is 4.93. The molecule has 0 amide bonds. The van der Waals surface area contributed by atoms with Crippen molar-refractivity contribution < 1.29 is 23.7 Å². The fourth-order valence-corrected chi connectivity index (χ4v) is 4.89. The lowest BCUT2D eigenvalue weighted by molar-refractivity contribution is -0.0679. The molecule has 1 atom stereocenters. The van der Waals surface area contributed by atoms with Crippen molar-refractivity contribution in [1.29, 1.82) is 0 Å². The first kappa shape index (κ1) is 23.6. The van der Waals surface area contributed by atoms with Gasteiger partial charge in [-0.2, -0.15) is 0 Å². The summed E-state index contributed by atoms with van der Waals surface area (Å²) >= 11 is 0. The molecule has 0 saturated heterocycles. The molecule has 1 heterocycles. The van der Waals surface area contributed by atoms with E-state index in [1.165, 1.54) is 0 Å². The summed E-state index contributed by atoms with van der Waals surface area (Å²) < 4.78 is 30.1. The Morgan fingerprint density at radius 1 is 0.622 bits per heavy atom. The molecule has 0 bridgehead atoms. The molecular weight excluding hydrogens is 483 g/mol. The van der Waals surface area contributed by atoms with Crippen LogP contribution >= 0.6 is 9.24 Å². The van der Waals surface area contributed by atoms with E-state index in [2.05, 4.69) is 69.9 Å². The maximum Gasteiger partial charge on any atom is 0.189 e. The molecule has 5 nitrogen and oxygen atoms in total. The summed E-state index contributed by atoms with van der Waals surface area (Å²) in [6, 6.07) is 32.5. The van der Waals surface area contributed by atoms with Gasteiger partial charge in [-0.15, -0.1) is 0 Å². The topological polar surface area (TPSA) is 46.2 Å². The van der Waals surface area contributed by atoms with E-state index in [0.29, 0.717) is 25.3 Å². The van der Waals surface area contributed by atoms with E-state index < -0.39 is 0 Å². The molecule has 5 aromatic carbocycles. The number of fused-ring (bicyclic) bond motifs is 7. The summed E-state index contributed by atoms with van der Waals surface area (Å²) in [6.45, 7) is 0.750. The second kappa shape index (κ2) is 10.7. The zero-order chi connectivity index (χ0) is 25.0. The lowest BCUT2D eigenvalue weighted by Crippen LogP contribution is -2.30. The standard InChI is InChI=1S/C31H27O5P/c37-20-36-24-13-11-23(12-14-24)34-19-35-25-17-32-28-15-9-21-5-1-3-7-26(21)30(28)31-27-8-4-2-6-22(27)10-16-29(31)33-18-25/h1-16,25H,17-20,37H2. The predicted octanol–water partition coefficient (Wildman–Crippen LogP) is 7.06. The molecule has 1 aliphatic heterocycles. The van der Waals surface area contributed by atoms with Gasteiger partial charge in [0.2, 0.25) is 0 Å². The van der Waals surface area contributed by atoms with Gasteiger partial charge in [-0.3, -0.25) is 0 Å². The second-order valence-corrected chi connectivity index (χ2v) is 9.11. The zero-order valence-electron chi connectivity index (χ0n) is 20.3. The van der Waals surface area contributed by atoms with Gasteiger partial charge in [0, 0.05) is 11.1 Å². The van der Waals surface area contributed by atoms with E-state index in [0.717, 1.165) is 49.9 Å². The molecule has 6 heteroatoms. The average molecular weight is 511 g/mol. The molecule has 0 radical (unpaired) electrons. The van der Waals surface area contributed by atoms with E-state index in [9.17, 15) is 0 Å². The van der Waals surface area contributed by atoms with Crippen molar-refractivity contribution in [2.24, 2.45) is 0 Å². The summed E-state index contributed by atoms with van der Waals surface area (Å²) in [7, 11) is 2.54. The molecule has 0 spiro atoms. The van der Waals surface area contributed by atoms with Crippen molar-refractivity contribution in [2.45, 2.75) is 6.10 Å². The molecule has 37 heavy (non-hydrogen) atoms. The third-order valence-corrected chi connectivity index (χ3v) is 6.65. The molecule has 6 rings (SSSR count). The highest BCUT2D eigenvalue weighted by atomic mass is 31.0. The summed E-state index contributed by atoms with van der Waals surface area (Å²) in [5, 5.41) is 4.55. The molecule has 0 saturated carbocycles. The van der Waals surface area contributed by atoms with E-state index in [1.54, 1.807) is 0 Å². The highest BCUT2D eigenvalue weighted by Crippen LogP contribution is 2.46. The van der Waals surface area contributed by atoms with Crippen LogP contribution in [0.3, 0.4) is 0 Å².